The van der Waals surface area contributed by atoms with Crippen LogP contribution >= 0.6 is 0 Å². The van der Waals surface area contributed by atoms with Crippen LogP contribution in [0.3, 0.4) is 0 Å². The summed E-state index contributed by atoms with van der Waals surface area (Å²) in [6.07, 6.45) is 3.18. The van der Waals surface area contributed by atoms with E-state index in [1.54, 1.807) is 0 Å². The van der Waals surface area contributed by atoms with E-state index in [0.717, 1.165) is 57.0 Å². The van der Waals surface area contributed by atoms with Crippen molar-refractivity contribution in [3.63, 3.8) is 0 Å². The largest absolute Gasteiger partial charge is 0.354 e. The number of hydrogen-bond acceptors (Lipinski definition) is 4. The Morgan fingerprint density at radius 3 is 2.81 bits per heavy atom. The standard InChI is InChI=1S/C11H16N4O/c16-11-13-9-3-1-2-8(9)10(14-11)15-6-4-12-5-7-15/h12H,1-7H2,(H,13,14,16). The van der Waals surface area contributed by atoms with Gasteiger partial charge < -0.3 is 15.2 Å². The second-order valence-electron chi connectivity index (χ2n) is 4.41. The molecular weight excluding hydrogens is 204 g/mol. The van der Waals surface area contributed by atoms with E-state index in [2.05, 4.69) is 20.2 Å². The molecular formula is C11H16N4O. The molecule has 0 aromatic carbocycles. The number of aromatic amines is 1. The molecule has 1 fully saturated rings. The van der Waals surface area contributed by atoms with Gasteiger partial charge in [-0.2, -0.15) is 4.98 Å². The summed E-state index contributed by atoms with van der Waals surface area (Å²) >= 11 is 0. The van der Waals surface area contributed by atoms with Gasteiger partial charge in [-0.1, -0.05) is 0 Å². The van der Waals surface area contributed by atoms with Crippen molar-refractivity contribution in [2.24, 2.45) is 0 Å². The van der Waals surface area contributed by atoms with Gasteiger partial charge in [-0.15, -0.1) is 0 Å². The van der Waals surface area contributed by atoms with Crippen molar-refractivity contribution in [1.82, 2.24) is 15.3 Å². The van der Waals surface area contributed by atoms with Crippen molar-refractivity contribution in [1.29, 1.82) is 0 Å². The highest BCUT2D eigenvalue weighted by molar-refractivity contribution is 5.50. The fourth-order valence-corrected chi connectivity index (χ4v) is 2.59. The van der Waals surface area contributed by atoms with E-state index in [1.165, 1.54) is 5.56 Å². The van der Waals surface area contributed by atoms with Crippen LogP contribution in [-0.2, 0) is 12.8 Å². The minimum absolute atomic E-state index is 0.200. The van der Waals surface area contributed by atoms with Crippen molar-refractivity contribution in [2.75, 3.05) is 31.1 Å². The van der Waals surface area contributed by atoms with Gasteiger partial charge in [0.1, 0.15) is 5.82 Å². The molecule has 1 aliphatic carbocycles. The molecule has 0 amide bonds. The number of aryl methyl sites for hydroxylation is 1. The molecule has 0 atom stereocenters. The number of rotatable bonds is 1. The van der Waals surface area contributed by atoms with Gasteiger partial charge in [-0.05, 0) is 19.3 Å². The Morgan fingerprint density at radius 2 is 2.00 bits per heavy atom. The van der Waals surface area contributed by atoms with Crippen LogP contribution in [0.5, 0.6) is 0 Å². The lowest BCUT2D eigenvalue weighted by Crippen LogP contribution is -2.45. The minimum Gasteiger partial charge on any atom is -0.354 e. The average Bonchev–Trinajstić information content (AvgIpc) is 2.77. The molecule has 0 bridgehead atoms. The fraction of sp³-hybridized carbons (Fsp3) is 0.636. The van der Waals surface area contributed by atoms with Crippen LogP contribution in [0.4, 0.5) is 5.82 Å². The van der Waals surface area contributed by atoms with Crippen LogP contribution in [0.2, 0.25) is 0 Å². The first-order valence-corrected chi connectivity index (χ1v) is 5.92. The molecule has 5 heteroatoms. The number of H-pyrrole nitrogens is 1. The number of hydrogen-bond donors (Lipinski definition) is 2. The molecule has 0 saturated carbocycles. The maximum atomic E-state index is 11.5. The second kappa shape index (κ2) is 3.90. The Hall–Kier alpha value is -1.36. The van der Waals surface area contributed by atoms with Crippen molar-refractivity contribution >= 4 is 5.82 Å². The Bertz CT molecular complexity index is 448. The van der Waals surface area contributed by atoms with Crippen LogP contribution in [0.1, 0.15) is 17.7 Å². The van der Waals surface area contributed by atoms with E-state index in [9.17, 15) is 4.79 Å². The normalized spacial score (nSPS) is 19.9. The summed E-state index contributed by atoms with van der Waals surface area (Å²) in [6, 6.07) is 0. The predicted octanol–water partition coefficient (Wildman–Crippen LogP) is -0.332. The summed E-state index contributed by atoms with van der Waals surface area (Å²) in [4.78, 5) is 20.7. The molecule has 1 saturated heterocycles. The van der Waals surface area contributed by atoms with Crippen molar-refractivity contribution in [2.45, 2.75) is 19.3 Å². The zero-order chi connectivity index (χ0) is 11.0. The zero-order valence-electron chi connectivity index (χ0n) is 9.25. The monoisotopic (exact) mass is 220 g/mol. The SMILES string of the molecule is O=c1nc(N2CCNCC2)c2c([nH]1)CCC2. The number of aromatic nitrogens is 2. The summed E-state index contributed by atoms with van der Waals surface area (Å²) in [5.41, 5.74) is 2.17. The topological polar surface area (TPSA) is 61.0 Å². The highest BCUT2D eigenvalue weighted by Gasteiger charge is 2.22. The lowest BCUT2D eigenvalue weighted by atomic mass is 10.2. The van der Waals surface area contributed by atoms with Gasteiger partial charge in [0, 0.05) is 37.4 Å². The molecule has 0 unspecified atom stereocenters. The molecule has 2 N–H and O–H groups in total. The zero-order valence-corrected chi connectivity index (χ0v) is 9.25. The van der Waals surface area contributed by atoms with Crippen LogP contribution in [-0.4, -0.2) is 36.1 Å². The lowest BCUT2D eigenvalue weighted by molar-refractivity contribution is 0.582. The summed E-state index contributed by atoms with van der Waals surface area (Å²) in [5.74, 6) is 0.928. The smallest absolute Gasteiger partial charge is 0.347 e. The number of piperazine rings is 1. The lowest BCUT2D eigenvalue weighted by Gasteiger charge is -2.29. The quantitative estimate of drug-likeness (QED) is 0.680. The number of fused-ring (bicyclic) bond motifs is 1. The van der Waals surface area contributed by atoms with Gasteiger partial charge in [0.15, 0.2) is 0 Å². The second-order valence-corrected chi connectivity index (χ2v) is 4.41. The third-order valence-corrected chi connectivity index (χ3v) is 3.37. The van der Waals surface area contributed by atoms with E-state index in [1.807, 2.05) is 0 Å². The van der Waals surface area contributed by atoms with Crippen LogP contribution in [0.15, 0.2) is 4.79 Å². The first-order chi connectivity index (χ1) is 7.84. The highest BCUT2D eigenvalue weighted by atomic mass is 16.1. The number of nitrogens with zero attached hydrogens (tertiary/aromatic N) is 2. The maximum Gasteiger partial charge on any atom is 0.347 e. The van der Waals surface area contributed by atoms with Crippen molar-refractivity contribution < 1.29 is 0 Å². The fourth-order valence-electron chi connectivity index (χ4n) is 2.59. The third kappa shape index (κ3) is 1.61. The average molecular weight is 220 g/mol. The molecule has 86 valence electrons. The van der Waals surface area contributed by atoms with Gasteiger partial charge in [0.25, 0.3) is 0 Å². The summed E-state index contributed by atoms with van der Waals surface area (Å²) < 4.78 is 0. The van der Waals surface area contributed by atoms with E-state index >= 15 is 0 Å². The minimum atomic E-state index is -0.200. The van der Waals surface area contributed by atoms with E-state index < -0.39 is 0 Å². The molecule has 2 aliphatic rings. The molecule has 5 nitrogen and oxygen atoms in total. The molecule has 3 rings (SSSR count). The maximum absolute atomic E-state index is 11.5. The molecule has 0 spiro atoms. The molecule has 2 heterocycles. The number of anilines is 1. The van der Waals surface area contributed by atoms with Gasteiger partial charge in [-0.3, -0.25) is 0 Å². The van der Waals surface area contributed by atoms with Crippen LogP contribution < -0.4 is 15.9 Å². The molecule has 0 radical (unpaired) electrons. The first-order valence-electron chi connectivity index (χ1n) is 5.92. The van der Waals surface area contributed by atoms with Crippen molar-refractivity contribution in [3.8, 4) is 0 Å². The highest BCUT2D eigenvalue weighted by Crippen LogP contribution is 2.26. The molecule has 1 aliphatic heterocycles. The van der Waals surface area contributed by atoms with Gasteiger partial charge in [0.2, 0.25) is 0 Å². The van der Waals surface area contributed by atoms with Gasteiger partial charge >= 0.3 is 5.69 Å². The van der Waals surface area contributed by atoms with Crippen LogP contribution in [0.25, 0.3) is 0 Å². The molecule has 1 aromatic rings. The summed E-state index contributed by atoms with van der Waals surface area (Å²) in [7, 11) is 0. The Kier molecular flexibility index (Phi) is 2.40. The molecule has 1 aromatic heterocycles. The summed E-state index contributed by atoms with van der Waals surface area (Å²) in [5, 5.41) is 3.31. The summed E-state index contributed by atoms with van der Waals surface area (Å²) in [6.45, 7) is 3.85. The van der Waals surface area contributed by atoms with E-state index in [4.69, 9.17) is 0 Å². The number of nitrogens with one attached hydrogen (secondary N) is 2. The van der Waals surface area contributed by atoms with Crippen molar-refractivity contribution in [3.05, 3.63) is 21.7 Å². The third-order valence-electron chi connectivity index (χ3n) is 3.37. The Labute approximate surface area is 93.9 Å². The van der Waals surface area contributed by atoms with E-state index in [0.29, 0.717) is 0 Å². The Morgan fingerprint density at radius 1 is 1.19 bits per heavy atom. The van der Waals surface area contributed by atoms with E-state index in [-0.39, 0.29) is 5.69 Å². The van der Waals surface area contributed by atoms with Gasteiger partial charge in [-0.25, -0.2) is 4.79 Å². The van der Waals surface area contributed by atoms with Gasteiger partial charge in [0.05, 0.1) is 0 Å². The molecule has 16 heavy (non-hydrogen) atoms. The first kappa shape index (κ1) is 9.84. The Balaban J connectivity index is 2.02. The predicted molar refractivity (Wildman–Crippen MR) is 62.0 cm³/mol. The van der Waals surface area contributed by atoms with Crippen LogP contribution in [0, 0.1) is 0 Å².